The topological polar surface area (TPSA) is 23.6 Å². The van der Waals surface area contributed by atoms with E-state index in [9.17, 15) is 18.0 Å². The van der Waals surface area contributed by atoms with Gasteiger partial charge in [0, 0.05) is 25.2 Å². The maximum atomic E-state index is 13.0. The zero-order chi connectivity index (χ0) is 18.7. The number of rotatable bonds is 2. The Morgan fingerprint density at radius 2 is 1.62 bits per heavy atom. The van der Waals surface area contributed by atoms with Crippen molar-refractivity contribution in [2.24, 2.45) is 0 Å². The quantitative estimate of drug-likeness (QED) is 0.801. The van der Waals surface area contributed by atoms with E-state index in [-0.39, 0.29) is 5.91 Å². The first-order valence-corrected chi connectivity index (χ1v) is 8.61. The minimum Gasteiger partial charge on any atom is -0.337 e. The molecule has 0 saturated carbocycles. The van der Waals surface area contributed by atoms with Crippen molar-refractivity contribution in [2.75, 3.05) is 33.2 Å². The molecule has 0 radical (unpaired) electrons. The van der Waals surface area contributed by atoms with Gasteiger partial charge in [-0.2, -0.15) is 13.2 Å². The number of benzene rings is 2. The smallest absolute Gasteiger partial charge is 0.337 e. The lowest BCUT2D eigenvalue weighted by Gasteiger charge is -2.22. The molecule has 0 aromatic heterocycles. The second kappa shape index (κ2) is 7.50. The first-order valence-electron chi connectivity index (χ1n) is 8.61. The summed E-state index contributed by atoms with van der Waals surface area (Å²) >= 11 is 0. The Kier molecular flexibility index (Phi) is 5.32. The summed E-state index contributed by atoms with van der Waals surface area (Å²) in [6.45, 7) is 3.10. The summed E-state index contributed by atoms with van der Waals surface area (Å²) in [5.41, 5.74) is 1.09. The molecule has 0 bridgehead atoms. The lowest BCUT2D eigenvalue weighted by Crippen LogP contribution is -2.34. The molecule has 0 atom stereocenters. The van der Waals surface area contributed by atoms with E-state index in [1.807, 2.05) is 11.9 Å². The van der Waals surface area contributed by atoms with E-state index in [1.54, 1.807) is 24.3 Å². The number of hydrogen-bond acceptors (Lipinski definition) is 2. The van der Waals surface area contributed by atoms with Gasteiger partial charge in [-0.15, -0.1) is 0 Å². The monoisotopic (exact) mass is 362 g/mol. The molecule has 0 spiro atoms. The van der Waals surface area contributed by atoms with E-state index in [2.05, 4.69) is 4.90 Å². The minimum atomic E-state index is -4.37. The maximum absolute atomic E-state index is 13.0. The van der Waals surface area contributed by atoms with Crippen molar-refractivity contribution >= 4 is 5.91 Å². The van der Waals surface area contributed by atoms with Gasteiger partial charge in [-0.1, -0.05) is 30.3 Å². The molecule has 3 rings (SSSR count). The molecule has 1 amide bonds. The van der Waals surface area contributed by atoms with Crippen LogP contribution >= 0.6 is 0 Å². The normalized spacial score (nSPS) is 16.4. The van der Waals surface area contributed by atoms with Crippen molar-refractivity contribution in [3.63, 3.8) is 0 Å². The summed E-state index contributed by atoms with van der Waals surface area (Å²) in [6, 6.07) is 12.0. The summed E-state index contributed by atoms with van der Waals surface area (Å²) in [7, 11) is 2.03. The van der Waals surface area contributed by atoms with Gasteiger partial charge in [-0.25, -0.2) is 0 Å². The zero-order valence-electron chi connectivity index (χ0n) is 14.6. The van der Waals surface area contributed by atoms with Crippen molar-refractivity contribution in [3.8, 4) is 11.1 Å². The Hall–Kier alpha value is -2.34. The molecule has 0 unspecified atom stereocenters. The molecule has 2 aromatic carbocycles. The van der Waals surface area contributed by atoms with Gasteiger partial charge in [0.05, 0.1) is 5.56 Å². The molecule has 138 valence electrons. The van der Waals surface area contributed by atoms with Crippen molar-refractivity contribution in [3.05, 3.63) is 59.7 Å². The summed E-state index contributed by atoms with van der Waals surface area (Å²) in [6.07, 6.45) is -3.46. The van der Waals surface area contributed by atoms with Crippen LogP contribution in [0.5, 0.6) is 0 Å². The highest BCUT2D eigenvalue weighted by atomic mass is 19.4. The minimum absolute atomic E-state index is 0.0733. The predicted octanol–water partition coefficient (Wildman–Crippen LogP) is 4.15. The summed E-state index contributed by atoms with van der Waals surface area (Å²) in [4.78, 5) is 17.0. The fourth-order valence-electron chi connectivity index (χ4n) is 3.18. The van der Waals surface area contributed by atoms with Gasteiger partial charge in [0.25, 0.3) is 5.91 Å². The number of amides is 1. The van der Waals surface area contributed by atoms with Crippen molar-refractivity contribution in [1.82, 2.24) is 9.80 Å². The van der Waals surface area contributed by atoms with Crippen LogP contribution in [-0.4, -0.2) is 48.9 Å². The molecule has 6 heteroatoms. The fourth-order valence-corrected chi connectivity index (χ4v) is 3.18. The van der Waals surface area contributed by atoms with Gasteiger partial charge in [0.1, 0.15) is 0 Å². The number of nitrogens with zero attached hydrogens (tertiary/aromatic N) is 2. The van der Waals surface area contributed by atoms with Gasteiger partial charge in [0.15, 0.2) is 0 Å². The van der Waals surface area contributed by atoms with Crippen molar-refractivity contribution in [2.45, 2.75) is 12.6 Å². The van der Waals surface area contributed by atoms with Crippen LogP contribution in [0.4, 0.5) is 13.2 Å². The standard InChI is InChI=1S/C20H21F3N2O/c1-24-11-4-12-25(14-13-24)19(26)18-6-3-2-5-17(18)15-7-9-16(10-8-15)20(21,22)23/h2-3,5-10H,4,11-14H2,1H3. The Morgan fingerprint density at radius 1 is 0.923 bits per heavy atom. The number of hydrogen-bond donors (Lipinski definition) is 0. The van der Waals surface area contributed by atoms with Crippen LogP contribution in [0.1, 0.15) is 22.3 Å². The van der Waals surface area contributed by atoms with Crippen LogP contribution in [0, 0.1) is 0 Å². The third kappa shape index (κ3) is 4.07. The van der Waals surface area contributed by atoms with Gasteiger partial charge in [-0.3, -0.25) is 4.79 Å². The third-order valence-electron chi connectivity index (χ3n) is 4.69. The summed E-state index contributed by atoms with van der Waals surface area (Å²) in [5.74, 6) is -0.0733. The Bertz CT molecular complexity index is 771. The largest absolute Gasteiger partial charge is 0.416 e. The molecule has 3 nitrogen and oxygen atoms in total. The summed E-state index contributed by atoms with van der Waals surface area (Å²) in [5, 5.41) is 0. The van der Waals surface area contributed by atoms with E-state index in [0.29, 0.717) is 29.8 Å². The number of carbonyl (C=O) groups excluding carboxylic acids is 1. The van der Waals surface area contributed by atoms with Crippen LogP contribution in [0.3, 0.4) is 0 Å². The van der Waals surface area contributed by atoms with Crippen LogP contribution in [-0.2, 0) is 6.18 Å². The van der Waals surface area contributed by atoms with Gasteiger partial charge < -0.3 is 9.80 Å². The highest BCUT2D eigenvalue weighted by Crippen LogP contribution is 2.32. The molecule has 1 aliphatic heterocycles. The summed E-state index contributed by atoms with van der Waals surface area (Å²) < 4.78 is 38.3. The van der Waals surface area contributed by atoms with Crippen molar-refractivity contribution in [1.29, 1.82) is 0 Å². The highest BCUT2D eigenvalue weighted by molar-refractivity contribution is 6.00. The zero-order valence-corrected chi connectivity index (χ0v) is 14.6. The van der Waals surface area contributed by atoms with Gasteiger partial charge in [-0.05, 0) is 49.3 Å². The molecule has 1 heterocycles. The lowest BCUT2D eigenvalue weighted by atomic mass is 9.97. The van der Waals surface area contributed by atoms with Crippen LogP contribution in [0.2, 0.25) is 0 Å². The Labute approximate surface area is 151 Å². The second-order valence-electron chi connectivity index (χ2n) is 6.57. The van der Waals surface area contributed by atoms with E-state index < -0.39 is 11.7 Å². The number of carbonyl (C=O) groups is 1. The molecule has 2 aromatic rings. The molecule has 1 fully saturated rings. The van der Waals surface area contributed by atoms with E-state index in [0.717, 1.165) is 31.6 Å². The molecular weight excluding hydrogens is 341 g/mol. The van der Waals surface area contributed by atoms with Crippen LogP contribution in [0.25, 0.3) is 11.1 Å². The number of halogens is 3. The first kappa shape index (κ1) is 18.5. The number of alkyl halides is 3. The van der Waals surface area contributed by atoms with Crippen LogP contribution < -0.4 is 0 Å². The predicted molar refractivity (Wildman–Crippen MR) is 94.9 cm³/mol. The fraction of sp³-hybridized carbons (Fsp3) is 0.350. The van der Waals surface area contributed by atoms with E-state index in [1.165, 1.54) is 12.1 Å². The molecular formula is C20H21F3N2O. The molecule has 1 saturated heterocycles. The second-order valence-corrected chi connectivity index (χ2v) is 6.57. The average Bonchev–Trinajstić information content (AvgIpc) is 2.85. The van der Waals surface area contributed by atoms with E-state index in [4.69, 9.17) is 0 Å². The Morgan fingerprint density at radius 3 is 2.31 bits per heavy atom. The van der Waals surface area contributed by atoms with Gasteiger partial charge in [0.2, 0.25) is 0 Å². The van der Waals surface area contributed by atoms with E-state index >= 15 is 0 Å². The van der Waals surface area contributed by atoms with Crippen LogP contribution in [0.15, 0.2) is 48.5 Å². The average molecular weight is 362 g/mol. The van der Waals surface area contributed by atoms with Crippen molar-refractivity contribution < 1.29 is 18.0 Å². The number of likely N-dealkylation sites (N-methyl/N-ethyl adjacent to an activating group) is 1. The maximum Gasteiger partial charge on any atom is 0.416 e. The lowest BCUT2D eigenvalue weighted by molar-refractivity contribution is -0.137. The molecule has 26 heavy (non-hydrogen) atoms. The molecule has 0 N–H and O–H groups in total. The SMILES string of the molecule is CN1CCCN(C(=O)c2ccccc2-c2ccc(C(F)(F)F)cc2)CC1. The highest BCUT2D eigenvalue weighted by Gasteiger charge is 2.30. The third-order valence-corrected chi connectivity index (χ3v) is 4.69. The first-order chi connectivity index (χ1) is 12.4. The molecule has 1 aliphatic rings. The Balaban J connectivity index is 1.89. The van der Waals surface area contributed by atoms with Gasteiger partial charge >= 0.3 is 6.18 Å². The molecule has 0 aliphatic carbocycles.